The molecule has 1 amide bonds. The Bertz CT molecular complexity index is 639. The predicted octanol–water partition coefficient (Wildman–Crippen LogP) is 3.10. The average molecular weight is 294 g/mol. The molecule has 1 aliphatic rings. The Hall–Kier alpha value is -2.29. The van der Waals surface area contributed by atoms with Gasteiger partial charge in [-0.1, -0.05) is 42.5 Å². The van der Waals surface area contributed by atoms with Crippen molar-refractivity contribution in [2.45, 2.75) is 19.9 Å². The quantitative estimate of drug-likeness (QED) is 0.865. The van der Waals surface area contributed by atoms with Crippen molar-refractivity contribution in [1.82, 2.24) is 4.90 Å². The Morgan fingerprint density at radius 1 is 1.05 bits per heavy atom. The van der Waals surface area contributed by atoms with Gasteiger partial charge in [-0.2, -0.15) is 0 Å². The summed E-state index contributed by atoms with van der Waals surface area (Å²) in [6.45, 7) is 4.93. The highest BCUT2D eigenvalue weighted by Gasteiger charge is 2.21. The molecule has 0 spiro atoms. The standard InChI is InChI=1S/C19H22N2O/c1-2-20(18-10-4-3-5-11-18)15-19(22)21-13-12-16-8-6-7-9-17(16)14-21/h3-11H,2,12-15H2,1H3. The van der Waals surface area contributed by atoms with Gasteiger partial charge in [0.25, 0.3) is 0 Å². The first-order valence-corrected chi connectivity index (χ1v) is 7.92. The molecule has 0 aromatic heterocycles. The highest BCUT2D eigenvalue weighted by atomic mass is 16.2. The van der Waals surface area contributed by atoms with E-state index in [0.717, 1.165) is 31.7 Å². The SMILES string of the molecule is CCN(CC(=O)N1CCc2ccccc2C1)c1ccccc1. The number of rotatable bonds is 4. The first kappa shape index (κ1) is 14.6. The van der Waals surface area contributed by atoms with Gasteiger partial charge in [0.1, 0.15) is 0 Å². The van der Waals surface area contributed by atoms with Crippen molar-refractivity contribution in [1.29, 1.82) is 0 Å². The summed E-state index contributed by atoms with van der Waals surface area (Å²) in [6, 6.07) is 18.6. The van der Waals surface area contributed by atoms with E-state index in [9.17, 15) is 4.79 Å². The molecule has 2 aromatic carbocycles. The van der Waals surface area contributed by atoms with Crippen LogP contribution in [-0.4, -0.2) is 30.4 Å². The number of para-hydroxylation sites is 1. The molecule has 0 atom stereocenters. The number of anilines is 1. The normalized spacial score (nSPS) is 13.6. The molecule has 22 heavy (non-hydrogen) atoms. The lowest BCUT2D eigenvalue weighted by atomic mass is 10.00. The highest BCUT2D eigenvalue weighted by Crippen LogP contribution is 2.19. The minimum Gasteiger partial charge on any atom is -0.362 e. The first-order valence-electron chi connectivity index (χ1n) is 7.92. The molecule has 0 saturated heterocycles. The topological polar surface area (TPSA) is 23.6 Å². The zero-order valence-corrected chi connectivity index (χ0v) is 13.0. The third-order valence-electron chi connectivity index (χ3n) is 4.31. The van der Waals surface area contributed by atoms with Gasteiger partial charge in [0.2, 0.25) is 5.91 Å². The number of carbonyl (C=O) groups excluding carboxylic acids is 1. The molecule has 2 aromatic rings. The van der Waals surface area contributed by atoms with Crippen molar-refractivity contribution in [3.63, 3.8) is 0 Å². The van der Waals surface area contributed by atoms with E-state index < -0.39 is 0 Å². The lowest BCUT2D eigenvalue weighted by molar-refractivity contribution is -0.130. The molecule has 0 bridgehead atoms. The Morgan fingerprint density at radius 3 is 2.45 bits per heavy atom. The molecule has 114 valence electrons. The number of carbonyl (C=O) groups is 1. The smallest absolute Gasteiger partial charge is 0.242 e. The van der Waals surface area contributed by atoms with E-state index in [1.54, 1.807) is 0 Å². The Kier molecular flexibility index (Phi) is 4.42. The van der Waals surface area contributed by atoms with Crippen molar-refractivity contribution >= 4 is 11.6 Å². The van der Waals surface area contributed by atoms with Crippen LogP contribution in [-0.2, 0) is 17.8 Å². The van der Waals surface area contributed by atoms with E-state index in [1.165, 1.54) is 11.1 Å². The van der Waals surface area contributed by atoms with E-state index in [1.807, 2.05) is 23.1 Å². The maximum atomic E-state index is 12.6. The fourth-order valence-corrected chi connectivity index (χ4v) is 3.00. The summed E-state index contributed by atoms with van der Waals surface area (Å²) in [7, 11) is 0. The lowest BCUT2D eigenvalue weighted by Gasteiger charge is -2.31. The van der Waals surface area contributed by atoms with Crippen molar-refractivity contribution in [2.75, 3.05) is 24.5 Å². The van der Waals surface area contributed by atoms with E-state index >= 15 is 0 Å². The maximum Gasteiger partial charge on any atom is 0.242 e. The molecule has 0 saturated carbocycles. The van der Waals surface area contributed by atoms with Crippen LogP contribution in [0.2, 0.25) is 0 Å². The summed E-state index contributed by atoms with van der Waals surface area (Å²) < 4.78 is 0. The molecule has 0 aliphatic carbocycles. The monoisotopic (exact) mass is 294 g/mol. The largest absolute Gasteiger partial charge is 0.362 e. The summed E-state index contributed by atoms with van der Waals surface area (Å²) in [4.78, 5) is 16.7. The predicted molar refractivity (Wildman–Crippen MR) is 89.9 cm³/mol. The molecule has 3 nitrogen and oxygen atoms in total. The fourth-order valence-electron chi connectivity index (χ4n) is 3.00. The molecule has 0 unspecified atom stereocenters. The summed E-state index contributed by atoms with van der Waals surface area (Å²) in [5, 5.41) is 0. The average Bonchev–Trinajstić information content (AvgIpc) is 2.59. The lowest BCUT2D eigenvalue weighted by Crippen LogP contribution is -2.42. The molecule has 3 rings (SSSR count). The van der Waals surface area contributed by atoms with Crippen LogP contribution >= 0.6 is 0 Å². The number of amides is 1. The van der Waals surface area contributed by atoms with Crippen LogP contribution in [0.5, 0.6) is 0 Å². The van der Waals surface area contributed by atoms with Crippen LogP contribution in [0, 0.1) is 0 Å². The third-order valence-corrected chi connectivity index (χ3v) is 4.31. The minimum absolute atomic E-state index is 0.209. The van der Waals surface area contributed by atoms with Crippen molar-refractivity contribution in [3.8, 4) is 0 Å². The number of fused-ring (bicyclic) bond motifs is 1. The molecular weight excluding hydrogens is 272 g/mol. The maximum absolute atomic E-state index is 12.6. The minimum atomic E-state index is 0.209. The van der Waals surface area contributed by atoms with Crippen molar-refractivity contribution in [2.24, 2.45) is 0 Å². The number of benzene rings is 2. The van der Waals surface area contributed by atoms with Gasteiger partial charge in [0, 0.05) is 25.3 Å². The summed E-state index contributed by atoms with van der Waals surface area (Å²) >= 11 is 0. The number of hydrogen-bond donors (Lipinski definition) is 0. The van der Waals surface area contributed by atoms with E-state index in [0.29, 0.717) is 6.54 Å². The second-order valence-corrected chi connectivity index (χ2v) is 5.68. The van der Waals surface area contributed by atoms with Gasteiger partial charge in [-0.05, 0) is 36.6 Å². The second-order valence-electron chi connectivity index (χ2n) is 5.68. The van der Waals surface area contributed by atoms with Crippen molar-refractivity contribution in [3.05, 3.63) is 65.7 Å². The molecular formula is C19H22N2O. The molecule has 0 radical (unpaired) electrons. The number of nitrogens with zero attached hydrogens (tertiary/aromatic N) is 2. The summed E-state index contributed by atoms with van der Waals surface area (Å²) in [5.74, 6) is 0.209. The number of likely N-dealkylation sites (N-methyl/N-ethyl adjacent to an activating group) is 1. The Morgan fingerprint density at radius 2 is 1.73 bits per heavy atom. The Balaban J connectivity index is 1.67. The molecule has 0 fully saturated rings. The van der Waals surface area contributed by atoms with E-state index in [4.69, 9.17) is 0 Å². The molecule has 1 aliphatic heterocycles. The van der Waals surface area contributed by atoms with Gasteiger partial charge in [0.05, 0.1) is 6.54 Å². The number of hydrogen-bond acceptors (Lipinski definition) is 2. The van der Waals surface area contributed by atoms with Gasteiger partial charge >= 0.3 is 0 Å². The van der Waals surface area contributed by atoms with E-state index in [2.05, 4.69) is 48.2 Å². The zero-order chi connectivity index (χ0) is 15.4. The van der Waals surface area contributed by atoms with Crippen LogP contribution in [0.25, 0.3) is 0 Å². The first-order chi connectivity index (χ1) is 10.8. The highest BCUT2D eigenvalue weighted by molar-refractivity contribution is 5.81. The van der Waals surface area contributed by atoms with Gasteiger partial charge in [-0.15, -0.1) is 0 Å². The van der Waals surface area contributed by atoms with Crippen LogP contribution in [0.3, 0.4) is 0 Å². The Labute approximate surface area is 132 Å². The zero-order valence-electron chi connectivity index (χ0n) is 13.0. The van der Waals surface area contributed by atoms with Crippen LogP contribution in [0.4, 0.5) is 5.69 Å². The fraction of sp³-hybridized carbons (Fsp3) is 0.316. The van der Waals surface area contributed by atoms with Gasteiger partial charge in [0.15, 0.2) is 0 Å². The van der Waals surface area contributed by atoms with Gasteiger partial charge in [-0.3, -0.25) is 4.79 Å². The van der Waals surface area contributed by atoms with Gasteiger partial charge < -0.3 is 9.80 Å². The van der Waals surface area contributed by atoms with E-state index in [-0.39, 0.29) is 5.91 Å². The third kappa shape index (κ3) is 3.14. The van der Waals surface area contributed by atoms with Crippen LogP contribution < -0.4 is 4.90 Å². The van der Waals surface area contributed by atoms with Crippen LogP contribution in [0.15, 0.2) is 54.6 Å². The van der Waals surface area contributed by atoms with Crippen LogP contribution in [0.1, 0.15) is 18.1 Å². The summed E-state index contributed by atoms with van der Waals surface area (Å²) in [5.41, 5.74) is 3.77. The molecule has 3 heteroatoms. The second kappa shape index (κ2) is 6.65. The molecule has 1 heterocycles. The summed E-state index contributed by atoms with van der Waals surface area (Å²) in [6.07, 6.45) is 0.958. The van der Waals surface area contributed by atoms with Crippen molar-refractivity contribution < 1.29 is 4.79 Å². The van der Waals surface area contributed by atoms with Gasteiger partial charge in [-0.25, -0.2) is 0 Å². The molecule has 0 N–H and O–H groups in total.